The molecule has 0 saturated heterocycles. The Hall–Kier alpha value is -0.280. The standard InChI is InChI=1S/C13H20BrNO/c1-15(8-12-4-7-16-9-12)11-13(10-14)5-2-3-6-13/h4,7,9H,2-3,5-6,8,10-11H2,1H3. The first kappa shape index (κ1) is 12.2. The predicted molar refractivity (Wildman–Crippen MR) is 69.7 cm³/mol. The highest BCUT2D eigenvalue weighted by atomic mass is 79.9. The molecular weight excluding hydrogens is 266 g/mol. The van der Waals surface area contributed by atoms with E-state index >= 15 is 0 Å². The number of hydrogen-bond donors (Lipinski definition) is 0. The van der Waals surface area contributed by atoms with Gasteiger partial charge in [0.05, 0.1) is 12.5 Å². The van der Waals surface area contributed by atoms with Crippen LogP contribution in [0.5, 0.6) is 0 Å². The fourth-order valence-electron chi connectivity index (χ4n) is 2.78. The van der Waals surface area contributed by atoms with E-state index in [0.717, 1.165) is 11.9 Å². The van der Waals surface area contributed by atoms with Crippen LogP contribution in [0.2, 0.25) is 0 Å². The van der Waals surface area contributed by atoms with Gasteiger partial charge in [-0.2, -0.15) is 0 Å². The molecule has 1 aliphatic rings. The van der Waals surface area contributed by atoms with Crippen LogP contribution in [0.15, 0.2) is 23.0 Å². The molecule has 1 saturated carbocycles. The van der Waals surface area contributed by atoms with Gasteiger partial charge in [-0.1, -0.05) is 28.8 Å². The summed E-state index contributed by atoms with van der Waals surface area (Å²) in [7, 11) is 2.20. The van der Waals surface area contributed by atoms with E-state index in [1.165, 1.54) is 37.8 Å². The minimum absolute atomic E-state index is 0.512. The summed E-state index contributed by atoms with van der Waals surface area (Å²) in [5.41, 5.74) is 1.78. The van der Waals surface area contributed by atoms with Gasteiger partial charge in [-0.25, -0.2) is 0 Å². The summed E-state index contributed by atoms with van der Waals surface area (Å²) < 4.78 is 5.10. The number of alkyl halides is 1. The Balaban J connectivity index is 1.88. The van der Waals surface area contributed by atoms with Crippen molar-refractivity contribution in [2.24, 2.45) is 5.41 Å². The van der Waals surface area contributed by atoms with Crippen LogP contribution in [0.1, 0.15) is 31.2 Å². The van der Waals surface area contributed by atoms with Crippen molar-refractivity contribution in [3.05, 3.63) is 24.2 Å². The zero-order chi connectivity index (χ0) is 11.4. The van der Waals surface area contributed by atoms with Crippen molar-refractivity contribution in [3.63, 3.8) is 0 Å². The normalized spacial score (nSPS) is 19.4. The van der Waals surface area contributed by atoms with E-state index in [9.17, 15) is 0 Å². The van der Waals surface area contributed by atoms with Crippen molar-refractivity contribution in [3.8, 4) is 0 Å². The molecule has 1 heterocycles. The lowest BCUT2D eigenvalue weighted by Crippen LogP contribution is -2.34. The van der Waals surface area contributed by atoms with Gasteiger partial charge in [0, 0.05) is 24.0 Å². The predicted octanol–water partition coefficient (Wildman–Crippen LogP) is 3.67. The van der Waals surface area contributed by atoms with Gasteiger partial charge in [-0.15, -0.1) is 0 Å². The third-order valence-electron chi connectivity index (χ3n) is 3.59. The van der Waals surface area contributed by atoms with Crippen molar-refractivity contribution < 1.29 is 4.42 Å². The first-order valence-electron chi connectivity index (χ1n) is 6.00. The summed E-state index contributed by atoms with van der Waals surface area (Å²) in [6, 6.07) is 2.05. The van der Waals surface area contributed by atoms with E-state index in [4.69, 9.17) is 4.42 Å². The van der Waals surface area contributed by atoms with Gasteiger partial charge in [0.1, 0.15) is 0 Å². The van der Waals surface area contributed by atoms with Crippen molar-refractivity contribution in [2.75, 3.05) is 18.9 Å². The van der Waals surface area contributed by atoms with E-state index in [0.29, 0.717) is 5.41 Å². The molecule has 0 aromatic carbocycles. The lowest BCUT2D eigenvalue weighted by molar-refractivity contribution is 0.196. The minimum atomic E-state index is 0.512. The molecule has 0 N–H and O–H groups in total. The van der Waals surface area contributed by atoms with Gasteiger partial charge in [0.25, 0.3) is 0 Å². The molecule has 0 radical (unpaired) electrons. The highest BCUT2D eigenvalue weighted by molar-refractivity contribution is 9.09. The van der Waals surface area contributed by atoms with E-state index in [-0.39, 0.29) is 0 Å². The fraction of sp³-hybridized carbons (Fsp3) is 0.692. The monoisotopic (exact) mass is 285 g/mol. The number of rotatable bonds is 5. The largest absolute Gasteiger partial charge is 0.472 e. The molecule has 1 aromatic heterocycles. The van der Waals surface area contributed by atoms with E-state index in [1.807, 2.05) is 12.3 Å². The fourth-order valence-corrected chi connectivity index (χ4v) is 3.52. The molecule has 3 heteroatoms. The van der Waals surface area contributed by atoms with Gasteiger partial charge in [-0.05, 0) is 31.4 Å². The lowest BCUT2D eigenvalue weighted by Gasteiger charge is -2.31. The smallest absolute Gasteiger partial charge is 0.0947 e. The summed E-state index contributed by atoms with van der Waals surface area (Å²) in [5.74, 6) is 0. The second-order valence-electron chi connectivity index (χ2n) is 5.14. The maximum atomic E-state index is 5.10. The van der Waals surface area contributed by atoms with Crippen molar-refractivity contribution in [2.45, 2.75) is 32.2 Å². The van der Waals surface area contributed by atoms with E-state index in [1.54, 1.807) is 6.26 Å². The average molecular weight is 286 g/mol. The molecule has 0 aliphatic heterocycles. The molecule has 0 bridgehead atoms. The quantitative estimate of drug-likeness (QED) is 0.768. The highest BCUT2D eigenvalue weighted by Gasteiger charge is 2.33. The van der Waals surface area contributed by atoms with Crippen LogP contribution in [0.3, 0.4) is 0 Å². The third-order valence-corrected chi connectivity index (χ3v) is 4.78. The second-order valence-corrected chi connectivity index (χ2v) is 5.71. The lowest BCUT2D eigenvalue weighted by atomic mass is 9.88. The summed E-state index contributed by atoms with van der Waals surface area (Å²) in [6.45, 7) is 2.18. The van der Waals surface area contributed by atoms with E-state index in [2.05, 4.69) is 27.9 Å². The van der Waals surface area contributed by atoms with Crippen LogP contribution < -0.4 is 0 Å². The first-order valence-corrected chi connectivity index (χ1v) is 7.12. The summed E-state index contributed by atoms with van der Waals surface area (Å²) in [4.78, 5) is 2.41. The van der Waals surface area contributed by atoms with Crippen LogP contribution in [-0.2, 0) is 6.54 Å². The SMILES string of the molecule is CN(Cc1ccoc1)CC1(CBr)CCCC1. The molecule has 0 unspecified atom stereocenters. The Morgan fingerprint density at radius 1 is 1.44 bits per heavy atom. The maximum absolute atomic E-state index is 5.10. The zero-order valence-electron chi connectivity index (χ0n) is 9.92. The molecule has 16 heavy (non-hydrogen) atoms. The molecule has 2 rings (SSSR count). The van der Waals surface area contributed by atoms with Crippen LogP contribution >= 0.6 is 15.9 Å². The number of halogens is 1. The van der Waals surface area contributed by atoms with Crippen LogP contribution in [0, 0.1) is 5.41 Å². The summed E-state index contributed by atoms with van der Waals surface area (Å²) in [5, 5.41) is 1.13. The average Bonchev–Trinajstić information content (AvgIpc) is 2.90. The Bertz CT molecular complexity index is 304. The molecule has 0 atom stereocenters. The van der Waals surface area contributed by atoms with Crippen molar-refractivity contribution in [1.82, 2.24) is 4.90 Å². The summed E-state index contributed by atoms with van der Waals surface area (Å²) in [6.07, 6.45) is 9.11. The van der Waals surface area contributed by atoms with Gasteiger partial charge in [-0.3, -0.25) is 0 Å². The van der Waals surface area contributed by atoms with Crippen LogP contribution in [0.25, 0.3) is 0 Å². The molecule has 1 fully saturated rings. The van der Waals surface area contributed by atoms with Crippen LogP contribution in [-0.4, -0.2) is 23.8 Å². The van der Waals surface area contributed by atoms with Crippen molar-refractivity contribution in [1.29, 1.82) is 0 Å². The topological polar surface area (TPSA) is 16.4 Å². The molecule has 0 amide bonds. The maximum Gasteiger partial charge on any atom is 0.0947 e. The molecule has 2 nitrogen and oxygen atoms in total. The molecule has 1 aliphatic carbocycles. The molecule has 0 spiro atoms. The second kappa shape index (κ2) is 5.37. The molecule has 1 aromatic rings. The van der Waals surface area contributed by atoms with Crippen LogP contribution in [0.4, 0.5) is 0 Å². The van der Waals surface area contributed by atoms with Gasteiger partial charge < -0.3 is 9.32 Å². The molecule has 90 valence electrons. The Labute approximate surface area is 106 Å². The number of nitrogens with zero attached hydrogens (tertiary/aromatic N) is 1. The van der Waals surface area contributed by atoms with Gasteiger partial charge in [0.2, 0.25) is 0 Å². The minimum Gasteiger partial charge on any atom is -0.472 e. The Morgan fingerprint density at radius 3 is 2.75 bits per heavy atom. The first-order chi connectivity index (χ1) is 7.74. The molecular formula is C13H20BrNO. The zero-order valence-corrected chi connectivity index (χ0v) is 11.5. The number of hydrogen-bond acceptors (Lipinski definition) is 2. The highest BCUT2D eigenvalue weighted by Crippen LogP contribution is 2.40. The third kappa shape index (κ3) is 2.89. The number of furan rings is 1. The Morgan fingerprint density at radius 2 is 2.19 bits per heavy atom. The van der Waals surface area contributed by atoms with E-state index < -0.39 is 0 Å². The van der Waals surface area contributed by atoms with Gasteiger partial charge in [0.15, 0.2) is 0 Å². The van der Waals surface area contributed by atoms with Crippen molar-refractivity contribution >= 4 is 15.9 Å². The van der Waals surface area contributed by atoms with Gasteiger partial charge >= 0.3 is 0 Å². The Kier molecular flexibility index (Phi) is 4.09. The summed E-state index contributed by atoms with van der Waals surface area (Å²) >= 11 is 3.69.